The highest BCUT2D eigenvalue weighted by atomic mass is 16.5. The van der Waals surface area contributed by atoms with E-state index in [1.165, 1.54) is 5.56 Å². The minimum atomic E-state index is 0.318. The number of ether oxygens (including phenoxy) is 1. The number of hydrogen-bond donors (Lipinski definition) is 1. The molecule has 1 aliphatic heterocycles. The largest absolute Gasteiger partial charge is 0.468 e. The number of likely N-dealkylation sites (N-methyl/N-ethyl adjacent to an activating group) is 1. The van der Waals surface area contributed by atoms with E-state index >= 15 is 0 Å². The van der Waals surface area contributed by atoms with Crippen molar-refractivity contribution in [3.8, 4) is 0 Å². The molecule has 0 bridgehead atoms. The molecule has 1 aromatic heterocycles. The fourth-order valence-electron chi connectivity index (χ4n) is 2.37. The third-order valence-corrected chi connectivity index (χ3v) is 3.35. The van der Waals surface area contributed by atoms with E-state index < -0.39 is 0 Å². The van der Waals surface area contributed by atoms with Gasteiger partial charge in [-0.3, -0.25) is 4.90 Å². The molecule has 2 atom stereocenters. The Morgan fingerprint density at radius 3 is 3.00 bits per heavy atom. The minimum absolute atomic E-state index is 0.318. The quantitative estimate of drug-likeness (QED) is 0.838. The van der Waals surface area contributed by atoms with Gasteiger partial charge in [0.15, 0.2) is 0 Å². The van der Waals surface area contributed by atoms with Crippen LogP contribution in [0, 0.1) is 0 Å². The Morgan fingerprint density at radius 1 is 1.56 bits per heavy atom. The molecule has 1 saturated heterocycles. The van der Waals surface area contributed by atoms with E-state index in [2.05, 4.69) is 18.9 Å². The Kier molecular flexibility index (Phi) is 3.63. The molecule has 1 aromatic rings. The lowest BCUT2D eigenvalue weighted by Gasteiger charge is -2.26. The summed E-state index contributed by atoms with van der Waals surface area (Å²) in [5.41, 5.74) is 6.80. The van der Waals surface area contributed by atoms with Gasteiger partial charge in [-0.25, -0.2) is 0 Å². The lowest BCUT2D eigenvalue weighted by Crippen LogP contribution is -2.36. The summed E-state index contributed by atoms with van der Waals surface area (Å²) in [6.07, 6.45) is 3.13. The molecule has 2 N–H and O–H groups in total. The van der Waals surface area contributed by atoms with Gasteiger partial charge < -0.3 is 14.9 Å². The summed E-state index contributed by atoms with van der Waals surface area (Å²) >= 11 is 0. The van der Waals surface area contributed by atoms with E-state index in [4.69, 9.17) is 14.9 Å². The van der Waals surface area contributed by atoms with Crippen LogP contribution in [0.3, 0.4) is 0 Å². The molecule has 1 fully saturated rings. The molecule has 2 rings (SSSR count). The average molecular weight is 224 g/mol. The summed E-state index contributed by atoms with van der Waals surface area (Å²) < 4.78 is 10.9. The number of nitrogens with two attached hydrogens (primary N) is 1. The van der Waals surface area contributed by atoms with Gasteiger partial charge in [-0.2, -0.15) is 0 Å². The van der Waals surface area contributed by atoms with Gasteiger partial charge in [0, 0.05) is 24.8 Å². The van der Waals surface area contributed by atoms with E-state index in [-0.39, 0.29) is 0 Å². The fourth-order valence-corrected chi connectivity index (χ4v) is 2.37. The van der Waals surface area contributed by atoms with Crippen LogP contribution in [-0.2, 0) is 17.8 Å². The second kappa shape index (κ2) is 4.99. The van der Waals surface area contributed by atoms with E-state index in [1.807, 2.05) is 6.07 Å². The number of rotatable bonds is 4. The lowest BCUT2D eigenvalue weighted by atomic mass is 10.1. The Hall–Kier alpha value is -0.840. The molecule has 0 aliphatic carbocycles. The molecule has 0 radical (unpaired) electrons. The summed E-state index contributed by atoms with van der Waals surface area (Å²) in [4.78, 5) is 2.32. The molecule has 0 spiro atoms. The van der Waals surface area contributed by atoms with Gasteiger partial charge in [-0.05, 0) is 26.5 Å². The van der Waals surface area contributed by atoms with Gasteiger partial charge in [0.1, 0.15) is 5.76 Å². The van der Waals surface area contributed by atoms with E-state index in [9.17, 15) is 0 Å². The van der Waals surface area contributed by atoms with Gasteiger partial charge in [-0.15, -0.1) is 0 Å². The molecule has 4 heteroatoms. The van der Waals surface area contributed by atoms with E-state index in [1.54, 1.807) is 6.26 Å². The first-order valence-corrected chi connectivity index (χ1v) is 5.79. The standard InChI is InChI=1S/C12H20N2O2/c1-9-11(4-6-15-9)14(2)8-10-3-5-16-12(10)7-13/h3,5,9,11H,4,6-8,13H2,1-2H3. The Balaban J connectivity index is 1.98. The van der Waals surface area contributed by atoms with Crippen LogP contribution < -0.4 is 5.73 Å². The SMILES string of the molecule is CC1OCCC1N(C)Cc1ccoc1CN. The van der Waals surface area contributed by atoms with Crippen molar-refractivity contribution in [1.29, 1.82) is 0 Å². The van der Waals surface area contributed by atoms with Crippen molar-refractivity contribution < 1.29 is 9.15 Å². The highest BCUT2D eigenvalue weighted by Crippen LogP contribution is 2.21. The first-order valence-electron chi connectivity index (χ1n) is 5.79. The van der Waals surface area contributed by atoms with Gasteiger partial charge in [-0.1, -0.05) is 0 Å². The normalized spacial score (nSPS) is 25.5. The van der Waals surface area contributed by atoms with Crippen LogP contribution in [-0.4, -0.2) is 30.7 Å². The lowest BCUT2D eigenvalue weighted by molar-refractivity contribution is 0.0812. The molecular formula is C12H20N2O2. The number of furan rings is 1. The molecule has 2 unspecified atom stereocenters. The highest BCUT2D eigenvalue weighted by molar-refractivity contribution is 5.16. The average Bonchev–Trinajstić information content (AvgIpc) is 2.86. The van der Waals surface area contributed by atoms with Crippen LogP contribution in [0.4, 0.5) is 0 Å². The summed E-state index contributed by atoms with van der Waals surface area (Å²) in [5, 5.41) is 0. The van der Waals surface area contributed by atoms with Crippen molar-refractivity contribution in [3.05, 3.63) is 23.7 Å². The Labute approximate surface area is 96.4 Å². The summed E-state index contributed by atoms with van der Waals surface area (Å²) in [7, 11) is 2.13. The molecule has 0 aromatic carbocycles. The van der Waals surface area contributed by atoms with Crippen LogP contribution in [0.25, 0.3) is 0 Å². The summed E-state index contributed by atoms with van der Waals surface area (Å²) in [6.45, 7) is 4.34. The molecule has 0 amide bonds. The maximum Gasteiger partial charge on any atom is 0.121 e. The van der Waals surface area contributed by atoms with Crippen molar-refractivity contribution >= 4 is 0 Å². The van der Waals surface area contributed by atoms with Crippen LogP contribution in [0.1, 0.15) is 24.7 Å². The predicted octanol–water partition coefficient (Wildman–Crippen LogP) is 1.35. The molecule has 4 nitrogen and oxygen atoms in total. The third-order valence-electron chi connectivity index (χ3n) is 3.35. The van der Waals surface area contributed by atoms with Crippen molar-refractivity contribution in [2.45, 2.75) is 38.6 Å². The second-order valence-corrected chi connectivity index (χ2v) is 4.42. The Morgan fingerprint density at radius 2 is 2.38 bits per heavy atom. The maximum atomic E-state index is 5.61. The zero-order valence-corrected chi connectivity index (χ0v) is 9.98. The smallest absolute Gasteiger partial charge is 0.121 e. The molecule has 90 valence electrons. The van der Waals surface area contributed by atoms with Crippen LogP contribution in [0.15, 0.2) is 16.7 Å². The Bertz CT molecular complexity index is 338. The monoisotopic (exact) mass is 224 g/mol. The molecule has 1 aliphatic rings. The van der Waals surface area contributed by atoms with Crippen molar-refractivity contribution in [3.63, 3.8) is 0 Å². The maximum absolute atomic E-state index is 5.61. The third kappa shape index (κ3) is 2.29. The fraction of sp³-hybridized carbons (Fsp3) is 0.667. The van der Waals surface area contributed by atoms with Gasteiger partial charge in [0.05, 0.1) is 18.9 Å². The van der Waals surface area contributed by atoms with Crippen LogP contribution in [0.2, 0.25) is 0 Å². The minimum Gasteiger partial charge on any atom is -0.468 e. The first kappa shape index (κ1) is 11.6. The van der Waals surface area contributed by atoms with E-state index in [0.29, 0.717) is 18.7 Å². The van der Waals surface area contributed by atoms with Crippen molar-refractivity contribution in [1.82, 2.24) is 4.90 Å². The van der Waals surface area contributed by atoms with Gasteiger partial charge in [0.25, 0.3) is 0 Å². The van der Waals surface area contributed by atoms with Gasteiger partial charge >= 0.3 is 0 Å². The summed E-state index contributed by atoms with van der Waals surface area (Å²) in [5.74, 6) is 0.887. The predicted molar refractivity (Wildman–Crippen MR) is 61.9 cm³/mol. The van der Waals surface area contributed by atoms with Crippen LogP contribution in [0.5, 0.6) is 0 Å². The number of hydrogen-bond acceptors (Lipinski definition) is 4. The zero-order valence-electron chi connectivity index (χ0n) is 9.98. The second-order valence-electron chi connectivity index (χ2n) is 4.42. The van der Waals surface area contributed by atoms with Crippen LogP contribution >= 0.6 is 0 Å². The zero-order chi connectivity index (χ0) is 11.5. The summed E-state index contributed by atoms with van der Waals surface area (Å²) in [6, 6.07) is 2.50. The molecular weight excluding hydrogens is 204 g/mol. The topological polar surface area (TPSA) is 51.6 Å². The number of nitrogens with zero attached hydrogens (tertiary/aromatic N) is 1. The molecule has 2 heterocycles. The molecule has 16 heavy (non-hydrogen) atoms. The first-order chi connectivity index (χ1) is 7.72. The van der Waals surface area contributed by atoms with Gasteiger partial charge in [0.2, 0.25) is 0 Å². The van der Waals surface area contributed by atoms with Crippen molar-refractivity contribution in [2.24, 2.45) is 5.73 Å². The highest BCUT2D eigenvalue weighted by Gasteiger charge is 2.28. The van der Waals surface area contributed by atoms with E-state index in [0.717, 1.165) is 25.3 Å². The van der Waals surface area contributed by atoms with Crippen molar-refractivity contribution in [2.75, 3.05) is 13.7 Å². The molecule has 0 saturated carbocycles.